The van der Waals surface area contributed by atoms with E-state index in [1.165, 1.54) is 11.8 Å². The molecule has 1 aromatic rings. The van der Waals surface area contributed by atoms with Gasteiger partial charge in [-0.2, -0.15) is 0 Å². The first kappa shape index (κ1) is 10.9. The Labute approximate surface area is 87.6 Å². The molecule has 0 aliphatic rings. The van der Waals surface area contributed by atoms with Crippen molar-refractivity contribution in [3.05, 3.63) is 41.3 Å². The van der Waals surface area contributed by atoms with Crippen molar-refractivity contribution in [2.45, 2.75) is 18.2 Å². The first-order valence-corrected chi connectivity index (χ1v) is 5.22. The Morgan fingerprint density at radius 3 is 2.57 bits per heavy atom. The minimum atomic E-state index is -0.860. The topological polar surface area (TPSA) is 37.3 Å². The highest BCUT2D eigenvalue weighted by molar-refractivity contribution is 8.04. The molecule has 1 N–H and O–H groups in total. The molecule has 1 rings (SSSR count). The SMILES string of the molecule is CCC=C(Sc1ccccc1)C(=O)O. The number of benzene rings is 1. The third-order valence-electron chi connectivity index (χ3n) is 1.57. The van der Waals surface area contributed by atoms with Crippen LogP contribution in [0, 0.1) is 0 Å². The molecule has 0 spiro atoms. The number of allylic oxidation sites excluding steroid dienone is 1. The number of aliphatic carboxylic acids is 1. The lowest BCUT2D eigenvalue weighted by Gasteiger charge is -2.01. The fourth-order valence-corrected chi connectivity index (χ4v) is 1.86. The summed E-state index contributed by atoms with van der Waals surface area (Å²) in [7, 11) is 0. The minimum absolute atomic E-state index is 0.388. The van der Waals surface area contributed by atoms with Crippen LogP contribution in [0.3, 0.4) is 0 Å². The summed E-state index contributed by atoms with van der Waals surface area (Å²) in [4.78, 5) is 12.1. The number of carboxylic acids is 1. The van der Waals surface area contributed by atoms with Crippen LogP contribution in [0.2, 0.25) is 0 Å². The zero-order valence-corrected chi connectivity index (χ0v) is 8.75. The van der Waals surface area contributed by atoms with Gasteiger partial charge in [0.15, 0.2) is 0 Å². The fraction of sp³-hybridized carbons (Fsp3) is 0.182. The molecular weight excluding hydrogens is 196 g/mol. The van der Waals surface area contributed by atoms with Gasteiger partial charge in [0.1, 0.15) is 0 Å². The largest absolute Gasteiger partial charge is 0.477 e. The molecule has 1 aromatic carbocycles. The van der Waals surface area contributed by atoms with Gasteiger partial charge in [-0.1, -0.05) is 43.0 Å². The number of hydrogen-bond donors (Lipinski definition) is 1. The van der Waals surface area contributed by atoms with Crippen LogP contribution in [-0.2, 0) is 4.79 Å². The highest BCUT2D eigenvalue weighted by Crippen LogP contribution is 2.26. The Hall–Kier alpha value is -1.22. The van der Waals surface area contributed by atoms with Gasteiger partial charge in [-0.3, -0.25) is 0 Å². The van der Waals surface area contributed by atoms with Gasteiger partial charge in [-0.05, 0) is 18.6 Å². The first-order valence-electron chi connectivity index (χ1n) is 4.40. The zero-order valence-electron chi connectivity index (χ0n) is 7.93. The van der Waals surface area contributed by atoms with Gasteiger partial charge in [0, 0.05) is 4.90 Å². The molecule has 0 atom stereocenters. The van der Waals surface area contributed by atoms with Crippen LogP contribution in [-0.4, -0.2) is 11.1 Å². The molecule has 0 saturated carbocycles. The van der Waals surface area contributed by atoms with E-state index in [9.17, 15) is 4.79 Å². The zero-order chi connectivity index (χ0) is 10.4. The van der Waals surface area contributed by atoms with Gasteiger partial charge < -0.3 is 5.11 Å². The predicted molar refractivity (Wildman–Crippen MR) is 58.3 cm³/mol. The van der Waals surface area contributed by atoms with E-state index in [0.717, 1.165) is 11.3 Å². The Balaban J connectivity index is 2.76. The van der Waals surface area contributed by atoms with Crippen molar-refractivity contribution < 1.29 is 9.90 Å². The Morgan fingerprint density at radius 2 is 2.07 bits per heavy atom. The molecule has 0 bridgehead atoms. The summed E-state index contributed by atoms with van der Waals surface area (Å²) >= 11 is 1.28. The van der Waals surface area contributed by atoms with Gasteiger partial charge in [0.25, 0.3) is 0 Å². The number of carbonyl (C=O) groups is 1. The van der Waals surface area contributed by atoms with Crippen molar-refractivity contribution in [2.75, 3.05) is 0 Å². The Morgan fingerprint density at radius 1 is 1.43 bits per heavy atom. The predicted octanol–water partition coefficient (Wildman–Crippen LogP) is 3.16. The van der Waals surface area contributed by atoms with Gasteiger partial charge in [-0.25, -0.2) is 4.79 Å². The number of rotatable bonds is 4. The highest BCUT2D eigenvalue weighted by Gasteiger charge is 2.07. The summed E-state index contributed by atoms with van der Waals surface area (Å²) in [6, 6.07) is 9.50. The van der Waals surface area contributed by atoms with Crippen molar-refractivity contribution in [2.24, 2.45) is 0 Å². The monoisotopic (exact) mass is 208 g/mol. The second-order valence-electron chi connectivity index (χ2n) is 2.70. The van der Waals surface area contributed by atoms with E-state index in [0.29, 0.717) is 4.91 Å². The van der Waals surface area contributed by atoms with E-state index in [-0.39, 0.29) is 0 Å². The summed E-state index contributed by atoms with van der Waals surface area (Å²) in [5.74, 6) is -0.860. The lowest BCUT2D eigenvalue weighted by atomic mass is 10.4. The smallest absolute Gasteiger partial charge is 0.342 e. The Bertz CT molecular complexity index is 330. The lowest BCUT2D eigenvalue weighted by molar-refractivity contribution is -0.131. The van der Waals surface area contributed by atoms with E-state index < -0.39 is 5.97 Å². The third kappa shape index (κ3) is 3.26. The number of carboxylic acid groups (broad SMARTS) is 1. The number of thioether (sulfide) groups is 1. The van der Waals surface area contributed by atoms with Crippen LogP contribution in [0.5, 0.6) is 0 Å². The molecule has 3 heteroatoms. The van der Waals surface area contributed by atoms with E-state index in [4.69, 9.17) is 5.11 Å². The van der Waals surface area contributed by atoms with Crippen LogP contribution in [0.15, 0.2) is 46.2 Å². The van der Waals surface area contributed by atoms with Crippen molar-refractivity contribution in [3.63, 3.8) is 0 Å². The standard InChI is InChI=1S/C11H12O2S/c1-2-6-10(11(12)13)14-9-7-4-3-5-8-9/h3-8H,2H2,1H3,(H,12,13). The molecule has 0 unspecified atom stereocenters. The van der Waals surface area contributed by atoms with Gasteiger partial charge in [0.05, 0.1) is 4.91 Å². The van der Waals surface area contributed by atoms with Gasteiger partial charge in [0.2, 0.25) is 0 Å². The maximum absolute atomic E-state index is 10.8. The molecule has 0 saturated heterocycles. The van der Waals surface area contributed by atoms with Crippen LogP contribution in [0.25, 0.3) is 0 Å². The summed E-state index contributed by atoms with van der Waals surface area (Å²) in [5, 5.41) is 8.88. The van der Waals surface area contributed by atoms with Crippen LogP contribution in [0.4, 0.5) is 0 Å². The van der Waals surface area contributed by atoms with Crippen LogP contribution < -0.4 is 0 Å². The molecule has 0 aliphatic heterocycles. The lowest BCUT2D eigenvalue weighted by Crippen LogP contribution is -1.96. The van der Waals surface area contributed by atoms with Crippen LogP contribution >= 0.6 is 11.8 Å². The third-order valence-corrected chi connectivity index (χ3v) is 2.64. The second kappa shape index (κ2) is 5.50. The van der Waals surface area contributed by atoms with E-state index in [1.807, 2.05) is 37.3 Å². The molecule has 0 amide bonds. The van der Waals surface area contributed by atoms with Gasteiger partial charge in [-0.15, -0.1) is 0 Å². The van der Waals surface area contributed by atoms with E-state index >= 15 is 0 Å². The van der Waals surface area contributed by atoms with Crippen molar-refractivity contribution >= 4 is 17.7 Å². The first-order chi connectivity index (χ1) is 6.74. The average Bonchev–Trinajstić information content (AvgIpc) is 2.18. The second-order valence-corrected chi connectivity index (χ2v) is 3.81. The van der Waals surface area contributed by atoms with E-state index in [2.05, 4.69) is 0 Å². The van der Waals surface area contributed by atoms with Gasteiger partial charge >= 0.3 is 5.97 Å². The normalized spacial score (nSPS) is 11.4. The average molecular weight is 208 g/mol. The summed E-state index contributed by atoms with van der Waals surface area (Å²) < 4.78 is 0. The minimum Gasteiger partial charge on any atom is -0.477 e. The molecule has 0 fully saturated rings. The molecule has 0 aromatic heterocycles. The number of hydrogen-bond acceptors (Lipinski definition) is 2. The summed E-state index contributed by atoms with van der Waals surface area (Å²) in [6.07, 6.45) is 2.46. The molecule has 0 aliphatic carbocycles. The maximum Gasteiger partial charge on any atom is 0.342 e. The summed E-state index contributed by atoms with van der Waals surface area (Å²) in [6.45, 7) is 1.93. The maximum atomic E-state index is 10.8. The van der Waals surface area contributed by atoms with Crippen molar-refractivity contribution in [1.82, 2.24) is 0 Å². The molecule has 0 radical (unpaired) electrons. The highest BCUT2D eigenvalue weighted by atomic mass is 32.2. The molecule has 14 heavy (non-hydrogen) atoms. The molecule has 2 nitrogen and oxygen atoms in total. The summed E-state index contributed by atoms with van der Waals surface area (Å²) in [5.41, 5.74) is 0. The fourth-order valence-electron chi connectivity index (χ4n) is 0.974. The molecule has 74 valence electrons. The van der Waals surface area contributed by atoms with E-state index in [1.54, 1.807) is 6.08 Å². The quantitative estimate of drug-likeness (QED) is 0.610. The Kier molecular flexibility index (Phi) is 4.26. The van der Waals surface area contributed by atoms with Crippen molar-refractivity contribution in [3.8, 4) is 0 Å². The molecule has 0 heterocycles. The van der Waals surface area contributed by atoms with Crippen LogP contribution in [0.1, 0.15) is 13.3 Å². The van der Waals surface area contributed by atoms with Crippen molar-refractivity contribution in [1.29, 1.82) is 0 Å². The molecular formula is C11H12O2S.